The maximum absolute atomic E-state index is 8.69. The van der Waals surface area contributed by atoms with E-state index in [2.05, 4.69) is 21.4 Å². The number of hydrogen-bond acceptors (Lipinski definition) is 5. The van der Waals surface area contributed by atoms with Gasteiger partial charge in [-0.05, 0) is 17.7 Å². The quantitative estimate of drug-likeness (QED) is 0.884. The Bertz CT molecular complexity index is 543. The first kappa shape index (κ1) is 11.9. The van der Waals surface area contributed by atoms with Crippen molar-refractivity contribution in [3.05, 3.63) is 47.8 Å². The normalized spacial score (nSPS) is 9.56. The van der Waals surface area contributed by atoms with Crippen molar-refractivity contribution in [1.29, 1.82) is 5.26 Å². The standard InChI is InChI=1S/C13H12N4O/c1-18-12-8-16-13(17-9-12)15-7-11-4-2-10(6-14)3-5-11/h2-5,8-9H,7H2,1H3,(H,15,16,17). The summed E-state index contributed by atoms with van der Waals surface area (Å²) in [5.74, 6) is 1.17. The number of methoxy groups -OCH3 is 1. The molecule has 0 amide bonds. The van der Waals surface area contributed by atoms with Gasteiger partial charge in [-0.3, -0.25) is 0 Å². The molecule has 0 aliphatic rings. The van der Waals surface area contributed by atoms with Crippen molar-refractivity contribution in [2.24, 2.45) is 0 Å². The average Bonchev–Trinajstić information content (AvgIpc) is 2.46. The Morgan fingerprint density at radius 1 is 1.22 bits per heavy atom. The average molecular weight is 240 g/mol. The summed E-state index contributed by atoms with van der Waals surface area (Å²) < 4.78 is 4.97. The first-order chi connectivity index (χ1) is 8.81. The number of anilines is 1. The molecule has 2 rings (SSSR count). The summed E-state index contributed by atoms with van der Waals surface area (Å²) in [6.07, 6.45) is 3.21. The summed E-state index contributed by atoms with van der Waals surface area (Å²) in [4.78, 5) is 8.20. The van der Waals surface area contributed by atoms with E-state index in [1.165, 1.54) is 0 Å². The van der Waals surface area contributed by atoms with Gasteiger partial charge in [-0.1, -0.05) is 12.1 Å². The molecule has 0 saturated heterocycles. The van der Waals surface area contributed by atoms with Crippen molar-refractivity contribution in [1.82, 2.24) is 9.97 Å². The van der Waals surface area contributed by atoms with Gasteiger partial charge in [-0.2, -0.15) is 5.26 Å². The second kappa shape index (κ2) is 5.64. The predicted octanol–water partition coefficient (Wildman–Crippen LogP) is 1.97. The van der Waals surface area contributed by atoms with E-state index in [0.717, 1.165) is 5.56 Å². The van der Waals surface area contributed by atoms with Crippen LogP contribution in [0.25, 0.3) is 0 Å². The SMILES string of the molecule is COc1cnc(NCc2ccc(C#N)cc2)nc1. The first-order valence-electron chi connectivity index (χ1n) is 5.41. The highest BCUT2D eigenvalue weighted by molar-refractivity contribution is 5.34. The van der Waals surface area contributed by atoms with Crippen molar-refractivity contribution in [2.75, 3.05) is 12.4 Å². The summed E-state index contributed by atoms with van der Waals surface area (Å²) in [5.41, 5.74) is 1.72. The fourth-order valence-electron chi connectivity index (χ4n) is 1.39. The topological polar surface area (TPSA) is 70.8 Å². The van der Waals surface area contributed by atoms with E-state index < -0.39 is 0 Å². The van der Waals surface area contributed by atoms with Crippen LogP contribution in [0, 0.1) is 11.3 Å². The van der Waals surface area contributed by atoms with Crippen molar-refractivity contribution < 1.29 is 4.74 Å². The number of rotatable bonds is 4. The number of ether oxygens (including phenoxy) is 1. The third kappa shape index (κ3) is 2.95. The number of nitrogens with zero attached hydrogens (tertiary/aromatic N) is 3. The van der Waals surface area contributed by atoms with E-state index in [1.807, 2.05) is 12.1 Å². The minimum absolute atomic E-state index is 0.542. The van der Waals surface area contributed by atoms with Gasteiger partial charge in [0.15, 0.2) is 5.75 Å². The van der Waals surface area contributed by atoms with E-state index >= 15 is 0 Å². The summed E-state index contributed by atoms with van der Waals surface area (Å²) in [7, 11) is 1.57. The summed E-state index contributed by atoms with van der Waals surface area (Å²) in [6.45, 7) is 0.609. The summed E-state index contributed by atoms with van der Waals surface area (Å²) in [6, 6.07) is 9.44. The zero-order valence-corrected chi connectivity index (χ0v) is 9.92. The van der Waals surface area contributed by atoms with Gasteiger partial charge in [-0.15, -0.1) is 0 Å². The van der Waals surface area contributed by atoms with Crippen molar-refractivity contribution in [2.45, 2.75) is 6.54 Å². The number of aromatic nitrogens is 2. The zero-order valence-electron chi connectivity index (χ0n) is 9.92. The number of hydrogen-bond donors (Lipinski definition) is 1. The minimum atomic E-state index is 0.542. The Hall–Kier alpha value is -2.61. The first-order valence-corrected chi connectivity index (χ1v) is 5.41. The molecule has 5 nitrogen and oxygen atoms in total. The number of nitrogens with one attached hydrogen (secondary N) is 1. The van der Waals surface area contributed by atoms with Crippen LogP contribution < -0.4 is 10.1 Å². The molecule has 0 unspecified atom stereocenters. The molecule has 18 heavy (non-hydrogen) atoms. The molecule has 0 aliphatic carbocycles. The van der Waals surface area contributed by atoms with Crippen molar-refractivity contribution in [3.8, 4) is 11.8 Å². The lowest BCUT2D eigenvalue weighted by molar-refractivity contribution is 0.411. The Morgan fingerprint density at radius 2 is 1.89 bits per heavy atom. The molecule has 0 fully saturated rings. The molecular weight excluding hydrogens is 228 g/mol. The molecule has 1 aromatic heterocycles. The minimum Gasteiger partial charge on any atom is -0.494 e. The van der Waals surface area contributed by atoms with Crippen LogP contribution in [0.4, 0.5) is 5.95 Å². The highest BCUT2D eigenvalue weighted by Gasteiger charge is 1.98. The molecule has 0 aliphatic heterocycles. The lowest BCUT2D eigenvalue weighted by atomic mass is 10.1. The molecule has 90 valence electrons. The fourth-order valence-corrected chi connectivity index (χ4v) is 1.39. The summed E-state index contributed by atoms with van der Waals surface area (Å²) in [5, 5.41) is 11.8. The molecule has 0 radical (unpaired) electrons. The molecule has 0 saturated carbocycles. The van der Waals surface area contributed by atoms with Gasteiger partial charge >= 0.3 is 0 Å². The van der Waals surface area contributed by atoms with Crippen LogP contribution in [0.15, 0.2) is 36.7 Å². The van der Waals surface area contributed by atoms with Crippen LogP contribution in [-0.2, 0) is 6.54 Å². The maximum atomic E-state index is 8.69. The molecule has 0 atom stereocenters. The monoisotopic (exact) mass is 240 g/mol. The molecule has 1 N–H and O–H groups in total. The van der Waals surface area contributed by atoms with Gasteiger partial charge in [0.2, 0.25) is 5.95 Å². The summed E-state index contributed by atoms with van der Waals surface area (Å²) >= 11 is 0. The van der Waals surface area contributed by atoms with Crippen LogP contribution in [-0.4, -0.2) is 17.1 Å². The highest BCUT2D eigenvalue weighted by atomic mass is 16.5. The van der Waals surface area contributed by atoms with E-state index in [1.54, 1.807) is 31.6 Å². The number of nitriles is 1. The van der Waals surface area contributed by atoms with E-state index in [0.29, 0.717) is 23.8 Å². The smallest absolute Gasteiger partial charge is 0.223 e. The van der Waals surface area contributed by atoms with E-state index in [9.17, 15) is 0 Å². The highest BCUT2D eigenvalue weighted by Crippen LogP contribution is 2.09. The van der Waals surface area contributed by atoms with Gasteiger partial charge in [-0.25, -0.2) is 9.97 Å². The zero-order chi connectivity index (χ0) is 12.8. The molecule has 5 heteroatoms. The lowest BCUT2D eigenvalue weighted by Crippen LogP contribution is -2.03. The van der Waals surface area contributed by atoms with Crippen LogP contribution in [0.3, 0.4) is 0 Å². The third-order valence-electron chi connectivity index (χ3n) is 2.40. The van der Waals surface area contributed by atoms with Crippen LogP contribution in [0.1, 0.15) is 11.1 Å². The molecule has 1 heterocycles. The molecule has 0 bridgehead atoms. The molecule has 1 aromatic carbocycles. The molecule has 0 spiro atoms. The van der Waals surface area contributed by atoms with Crippen LogP contribution >= 0.6 is 0 Å². The van der Waals surface area contributed by atoms with Gasteiger partial charge in [0.25, 0.3) is 0 Å². The predicted molar refractivity (Wildman–Crippen MR) is 67.1 cm³/mol. The maximum Gasteiger partial charge on any atom is 0.223 e. The Morgan fingerprint density at radius 3 is 2.44 bits per heavy atom. The van der Waals surface area contributed by atoms with E-state index in [-0.39, 0.29) is 0 Å². The number of benzene rings is 1. The fraction of sp³-hybridized carbons (Fsp3) is 0.154. The van der Waals surface area contributed by atoms with E-state index in [4.69, 9.17) is 10.00 Å². The Labute approximate surface area is 105 Å². The van der Waals surface area contributed by atoms with Crippen molar-refractivity contribution >= 4 is 5.95 Å². The van der Waals surface area contributed by atoms with Gasteiger partial charge < -0.3 is 10.1 Å². The largest absolute Gasteiger partial charge is 0.494 e. The van der Waals surface area contributed by atoms with Gasteiger partial charge in [0.1, 0.15) is 0 Å². The third-order valence-corrected chi connectivity index (χ3v) is 2.40. The second-order valence-electron chi connectivity index (χ2n) is 3.61. The van der Waals surface area contributed by atoms with Crippen molar-refractivity contribution in [3.63, 3.8) is 0 Å². The Kier molecular flexibility index (Phi) is 3.72. The molecule has 2 aromatic rings. The second-order valence-corrected chi connectivity index (χ2v) is 3.61. The Balaban J connectivity index is 1.95. The van der Waals surface area contributed by atoms with Gasteiger partial charge in [0.05, 0.1) is 31.1 Å². The van der Waals surface area contributed by atoms with Crippen LogP contribution in [0.2, 0.25) is 0 Å². The van der Waals surface area contributed by atoms with Gasteiger partial charge in [0, 0.05) is 6.54 Å². The lowest BCUT2D eigenvalue weighted by Gasteiger charge is -2.05. The van der Waals surface area contributed by atoms with Crippen LogP contribution in [0.5, 0.6) is 5.75 Å². The molecular formula is C13H12N4O.